The molecule has 3 rings (SSSR count). The molecule has 1 aromatic rings. The van der Waals surface area contributed by atoms with E-state index in [9.17, 15) is 0 Å². The molecule has 3 heterocycles. The first-order valence-electron chi connectivity index (χ1n) is 7.45. The maximum absolute atomic E-state index is 4.50. The summed E-state index contributed by atoms with van der Waals surface area (Å²) in [6.45, 7) is 5.72. The number of hydrogen-bond acceptors (Lipinski definition) is 3. The van der Waals surface area contributed by atoms with Gasteiger partial charge in [0.05, 0.1) is 11.7 Å². The van der Waals surface area contributed by atoms with Crippen molar-refractivity contribution >= 4 is 5.82 Å². The Labute approximate surface area is 109 Å². The lowest BCUT2D eigenvalue weighted by atomic mass is 9.95. The molecular weight excluding hydrogens is 224 g/mol. The van der Waals surface area contributed by atoms with Crippen LogP contribution >= 0.6 is 0 Å². The highest BCUT2D eigenvalue weighted by Gasteiger charge is 2.28. The quantitative estimate of drug-likeness (QED) is 0.845. The minimum atomic E-state index is 0.569. The maximum Gasteiger partial charge on any atom is 0.151 e. The SMILES string of the molecule is CCN1CCCCC1c1[nH]nc2c1CCCCN2. The average molecular weight is 248 g/mol. The fourth-order valence-corrected chi connectivity index (χ4v) is 3.38. The number of nitrogens with zero attached hydrogens (tertiary/aromatic N) is 2. The standard InChI is InChI=1S/C14H24N4/c1-2-18-10-6-4-8-12(18)13-11-7-3-5-9-15-14(11)17-16-13/h12H,2-10H2,1H3,(H2,15,16,17). The molecule has 0 aromatic carbocycles. The van der Waals surface area contributed by atoms with Crippen LogP contribution < -0.4 is 5.32 Å². The molecule has 0 spiro atoms. The second kappa shape index (κ2) is 5.31. The van der Waals surface area contributed by atoms with Crippen LogP contribution in [0.25, 0.3) is 0 Å². The Kier molecular flexibility index (Phi) is 3.55. The Balaban J connectivity index is 1.88. The molecule has 1 fully saturated rings. The number of aromatic amines is 1. The molecule has 0 radical (unpaired) electrons. The van der Waals surface area contributed by atoms with Crippen LogP contribution in [0.15, 0.2) is 0 Å². The molecule has 18 heavy (non-hydrogen) atoms. The Bertz CT molecular complexity index is 398. The first-order chi connectivity index (χ1) is 8.90. The van der Waals surface area contributed by atoms with Gasteiger partial charge in [-0.2, -0.15) is 5.10 Å². The van der Waals surface area contributed by atoms with E-state index in [2.05, 4.69) is 27.3 Å². The summed E-state index contributed by atoms with van der Waals surface area (Å²) in [6.07, 6.45) is 7.70. The summed E-state index contributed by atoms with van der Waals surface area (Å²) < 4.78 is 0. The molecule has 100 valence electrons. The van der Waals surface area contributed by atoms with Crippen molar-refractivity contribution in [3.63, 3.8) is 0 Å². The Morgan fingerprint density at radius 2 is 2.22 bits per heavy atom. The lowest BCUT2D eigenvalue weighted by Gasteiger charge is -2.34. The first-order valence-corrected chi connectivity index (χ1v) is 7.45. The number of nitrogens with one attached hydrogen (secondary N) is 2. The fraction of sp³-hybridized carbons (Fsp3) is 0.786. The van der Waals surface area contributed by atoms with Gasteiger partial charge >= 0.3 is 0 Å². The van der Waals surface area contributed by atoms with Crippen molar-refractivity contribution in [1.29, 1.82) is 0 Å². The van der Waals surface area contributed by atoms with Crippen molar-refractivity contribution in [2.45, 2.75) is 51.5 Å². The highest BCUT2D eigenvalue weighted by molar-refractivity contribution is 5.48. The van der Waals surface area contributed by atoms with Gasteiger partial charge in [-0.25, -0.2) is 0 Å². The van der Waals surface area contributed by atoms with Gasteiger partial charge in [-0.15, -0.1) is 0 Å². The summed E-state index contributed by atoms with van der Waals surface area (Å²) in [6, 6.07) is 0.569. The summed E-state index contributed by atoms with van der Waals surface area (Å²) in [4.78, 5) is 2.60. The van der Waals surface area contributed by atoms with Crippen LogP contribution in [0.2, 0.25) is 0 Å². The van der Waals surface area contributed by atoms with Crippen molar-refractivity contribution in [2.24, 2.45) is 0 Å². The smallest absolute Gasteiger partial charge is 0.151 e. The van der Waals surface area contributed by atoms with Crippen LogP contribution in [0, 0.1) is 0 Å². The summed E-state index contributed by atoms with van der Waals surface area (Å²) >= 11 is 0. The number of hydrogen-bond donors (Lipinski definition) is 2. The molecule has 2 aliphatic heterocycles. The van der Waals surface area contributed by atoms with Gasteiger partial charge in [0.15, 0.2) is 5.82 Å². The maximum atomic E-state index is 4.50. The third-order valence-electron chi connectivity index (χ3n) is 4.40. The van der Waals surface area contributed by atoms with Crippen LogP contribution in [-0.2, 0) is 6.42 Å². The number of H-pyrrole nitrogens is 1. The predicted molar refractivity (Wildman–Crippen MR) is 73.9 cm³/mol. The van der Waals surface area contributed by atoms with Gasteiger partial charge in [0.1, 0.15) is 0 Å². The normalized spacial score (nSPS) is 25.3. The van der Waals surface area contributed by atoms with Crippen LogP contribution in [0.5, 0.6) is 0 Å². The molecule has 0 saturated carbocycles. The van der Waals surface area contributed by atoms with E-state index in [4.69, 9.17) is 0 Å². The van der Waals surface area contributed by atoms with E-state index >= 15 is 0 Å². The molecule has 0 aliphatic carbocycles. The van der Waals surface area contributed by atoms with E-state index in [1.807, 2.05) is 0 Å². The zero-order chi connectivity index (χ0) is 12.4. The molecule has 2 aliphatic rings. The highest BCUT2D eigenvalue weighted by atomic mass is 15.2. The monoisotopic (exact) mass is 248 g/mol. The number of anilines is 1. The van der Waals surface area contributed by atoms with Gasteiger partial charge in [0.2, 0.25) is 0 Å². The van der Waals surface area contributed by atoms with Crippen molar-refractivity contribution < 1.29 is 0 Å². The number of rotatable bonds is 2. The number of aromatic nitrogens is 2. The van der Waals surface area contributed by atoms with E-state index in [0.717, 1.165) is 18.9 Å². The van der Waals surface area contributed by atoms with E-state index in [1.54, 1.807) is 0 Å². The molecule has 1 aromatic heterocycles. The molecule has 4 nitrogen and oxygen atoms in total. The van der Waals surface area contributed by atoms with Gasteiger partial charge in [-0.1, -0.05) is 13.3 Å². The zero-order valence-corrected chi connectivity index (χ0v) is 11.3. The first kappa shape index (κ1) is 12.0. The second-order valence-electron chi connectivity index (χ2n) is 5.49. The van der Waals surface area contributed by atoms with Crippen LogP contribution in [0.1, 0.15) is 56.3 Å². The van der Waals surface area contributed by atoms with E-state index < -0.39 is 0 Å². The molecule has 1 unspecified atom stereocenters. The summed E-state index contributed by atoms with van der Waals surface area (Å²) in [5, 5.41) is 11.3. The fourth-order valence-electron chi connectivity index (χ4n) is 3.38. The summed E-state index contributed by atoms with van der Waals surface area (Å²) in [5.74, 6) is 1.11. The zero-order valence-electron chi connectivity index (χ0n) is 11.3. The molecule has 2 N–H and O–H groups in total. The molecular formula is C14H24N4. The van der Waals surface area contributed by atoms with Crippen molar-refractivity contribution in [3.05, 3.63) is 11.3 Å². The van der Waals surface area contributed by atoms with Gasteiger partial charge in [-0.05, 0) is 45.2 Å². The lowest BCUT2D eigenvalue weighted by molar-refractivity contribution is 0.153. The minimum Gasteiger partial charge on any atom is -0.368 e. The minimum absolute atomic E-state index is 0.569. The third-order valence-corrected chi connectivity index (χ3v) is 4.40. The van der Waals surface area contributed by atoms with Crippen molar-refractivity contribution in [1.82, 2.24) is 15.1 Å². The van der Waals surface area contributed by atoms with Crippen LogP contribution in [0.4, 0.5) is 5.82 Å². The molecule has 1 saturated heterocycles. The summed E-state index contributed by atoms with van der Waals surface area (Å²) in [7, 11) is 0. The molecule has 1 atom stereocenters. The summed E-state index contributed by atoms with van der Waals surface area (Å²) in [5.41, 5.74) is 2.85. The van der Waals surface area contributed by atoms with Gasteiger partial charge in [0, 0.05) is 12.1 Å². The highest BCUT2D eigenvalue weighted by Crippen LogP contribution is 2.35. The van der Waals surface area contributed by atoms with Gasteiger partial charge in [-0.3, -0.25) is 10.00 Å². The van der Waals surface area contributed by atoms with E-state index in [0.29, 0.717) is 6.04 Å². The van der Waals surface area contributed by atoms with E-state index in [-0.39, 0.29) is 0 Å². The molecule has 4 heteroatoms. The predicted octanol–water partition coefficient (Wildman–Crippen LogP) is 2.70. The Hall–Kier alpha value is -1.03. The van der Waals surface area contributed by atoms with Crippen molar-refractivity contribution in [2.75, 3.05) is 25.0 Å². The number of piperidine rings is 1. The lowest BCUT2D eigenvalue weighted by Crippen LogP contribution is -2.33. The van der Waals surface area contributed by atoms with Crippen LogP contribution in [0.3, 0.4) is 0 Å². The van der Waals surface area contributed by atoms with Crippen molar-refractivity contribution in [3.8, 4) is 0 Å². The topological polar surface area (TPSA) is 44.0 Å². The van der Waals surface area contributed by atoms with Gasteiger partial charge in [0.25, 0.3) is 0 Å². The molecule has 0 amide bonds. The average Bonchev–Trinajstić information content (AvgIpc) is 2.67. The second-order valence-corrected chi connectivity index (χ2v) is 5.49. The Morgan fingerprint density at radius 1 is 1.28 bits per heavy atom. The molecule has 0 bridgehead atoms. The Morgan fingerprint density at radius 3 is 3.11 bits per heavy atom. The van der Waals surface area contributed by atoms with Gasteiger partial charge < -0.3 is 5.32 Å². The third kappa shape index (κ3) is 2.14. The number of likely N-dealkylation sites (tertiary alicyclic amines) is 1. The van der Waals surface area contributed by atoms with Crippen LogP contribution in [-0.4, -0.2) is 34.7 Å². The number of fused-ring (bicyclic) bond motifs is 1. The van der Waals surface area contributed by atoms with E-state index in [1.165, 1.54) is 56.3 Å². The largest absolute Gasteiger partial charge is 0.368 e.